The molecule has 0 aliphatic carbocycles. The topological polar surface area (TPSA) is 84.0 Å². The molecule has 0 fully saturated rings. The third-order valence-corrected chi connectivity index (χ3v) is 3.82. The molecule has 0 bridgehead atoms. The lowest BCUT2D eigenvalue weighted by molar-refractivity contribution is -0.105. The van der Waals surface area contributed by atoms with Crippen LogP contribution in [0.3, 0.4) is 0 Å². The Labute approximate surface area is 153 Å². The van der Waals surface area contributed by atoms with E-state index in [1.165, 1.54) is 18.5 Å². The van der Waals surface area contributed by atoms with E-state index in [0.717, 1.165) is 23.3 Å². The van der Waals surface area contributed by atoms with Gasteiger partial charge in [-0.15, -0.1) is 0 Å². The average molecular weight is 368 g/mol. The monoisotopic (exact) mass is 368 g/mol. The number of rotatable bonds is 5. The summed E-state index contributed by atoms with van der Waals surface area (Å²) in [6.07, 6.45) is 3.27. The number of halogens is 2. The number of carbonyl (C=O) groups is 2. The molecule has 0 spiro atoms. The number of nitrogens with one attached hydrogen (secondary N) is 2. The number of carbonyl (C=O) groups excluding carboxylic acids is 2. The second kappa shape index (κ2) is 7.69. The number of amides is 2. The number of hydrogen-bond acceptors (Lipinski definition) is 4. The summed E-state index contributed by atoms with van der Waals surface area (Å²) in [5.74, 6) is -2.84. The molecule has 0 aliphatic rings. The molecule has 2 amide bonds. The second-order valence-corrected chi connectivity index (χ2v) is 5.63. The van der Waals surface area contributed by atoms with E-state index in [9.17, 15) is 18.4 Å². The first-order chi connectivity index (χ1) is 13.0. The maximum atomic E-state index is 13.7. The molecule has 0 aliphatic heterocycles. The van der Waals surface area contributed by atoms with Crippen molar-refractivity contribution in [2.24, 2.45) is 0 Å². The van der Waals surface area contributed by atoms with Crippen LogP contribution < -0.4 is 10.6 Å². The summed E-state index contributed by atoms with van der Waals surface area (Å²) in [6, 6.07) is 8.47. The van der Waals surface area contributed by atoms with E-state index < -0.39 is 23.1 Å². The number of nitrogens with zero attached hydrogens (tertiary/aromatic N) is 2. The van der Waals surface area contributed by atoms with Crippen molar-refractivity contribution >= 4 is 23.8 Å². The van der Waals surface area contributed by atoms with E-state index in [0.29, 0.717) is 17.8 Å². The summed E-state index contributed by atoms with van der Waals surface area (Å²) in [7, 11) is 0. The smallest absolute Gasteiger partial charge is 0.262 e. The number of anilines is 2. The molecule has 8 heteroatoms. The molecule has 2 aromatic carbocycles. The minimum absolute atomic E-state index is 0.0474. The van der Waals surface area contributed by atoms with Crippen molar-refractivity contribution < 1.29 is 18.4 Å². The van der Waals surface area contributed by atoms with Crippen LogP contribution in [0.4, 0.5) is 20.3 Å². The Morgan fingerprint density at radius 3 is 2.44 bits per heavy atom. The van der Waals surface area contributed by atoms with E-state index in [-0.39, 0.29) is 5.82 Å². The van der Waals surface area contributed by atoms with Gasteiger partial charge in [0.1, 0.15) is 17.2 Å². The van der Waals surface area contributed by atoms with E-state index >= 15 is 0 Å². The Morgan fingerprint density at radius 2 is 1.81 bits per heavy atom. The largest absolute Gasteiger partial charge is 0.329 e. The van der Waals surface area contributed by atoms with E-state index in [1.54, 1.807) is 12.1 Å². The van der Waals surface area contributed by atoms with Gasteiger partial charge in [0.05, 0.1) is 18.1 Å². The van der Waals surface area contributed by atoms with Gasteiger partial charge in [-0.1, -0.05) is 12.1 Å². The summed E-state index contributed by atoms with van der Waals surface area (Å²) in [6.45, 7) is 1.87. The highest BCUT2D eigenvalue weighted by Crippen LogP contribution is 2.25. The molecule has 0 saturated heterocycles. The fourth-order valence-electron chi connectivity index (χ4n) is 2.48. The van der Waals surface area contributed by atoms with Gasteiger partial charge in [-0.3, -0.25) is 14.6 Å². The van der Waals surface area contributed by atoms with E-state index in [4.69, 9.17) is 0 Å². The fourth-order valence-corrected chi connectivity index (χ4v) is 2.48. The summed E-state index contributed by atoms with van der Waals surface area (Å²) >= 11 is 0. The molecule has 3 aromatic rings. The van der Waals surface area contributed by atoms with Crippen LogP contribution in [0.25, 0.3) is 11.3 Å². The minimum Gasteiger partial charge on any atom is -0.329 e. The molecule has 0 radical (unpaired) electrons. The van der Waals surface area contributed by atoms with Gasteiger partial charge in [-0.2, -0.15) is 0 Å². The molecule has 27 heavy (non-hydrogen) atoms. The van der Waals surface area contributed by atoms with E-state index in [2.05, 4.69) is 20.6 Å². The van der Waals surface area contributed by atoms with Gasteiger partial charge in [-0.05, 0) is 36.8 Å². The zero-order valence-electron chi connectivity index (χ0n) is 14.2. The molecule has 1 heterocycles. The molecule has 0 saturated carbocycles. The Bertz CT molecular complexity index is 987. The van der Waals surface area contributed by atoms with Crippen LogP contribution >= 0.6 is 0 Å². The molecule has 3 rings (SSSR count). The lowest BCUT2D eigenvalue weighted by Gasteiger charge is -2.09. The van der Waals surface area contributed by atoms with Gasteiger partial charge in [0.15, 0.2) is 5.82 Å². The highest BCUT2D eigenvalue weighted by molar-refractivity contribution is 6.04. The highest BCUT2D eigenvalue weighted by atomic mass is 19.1. The Balaban J connectivity index is 1.83. The Kier molecular flexibility index (Phi) is 5.16. The van der Waals surface area contributed by atoms with Crippen molar-refractivity contribution in [3.8, 4) is 11.3 Å². The first kappa shape index (κ1) is 18.1. The van der Waals surface area contributed by atoms with Crippen LogP contribution in [-0.4, -0.2) is 22.3 Å². The zero-order chi connectivity index (χ0) is 19.4. The van der Waals surface area contributed by atoms with E-state index in [1.807, 2.05) is 13.0 Å². The number of aryl methyl sites for hydroxylation is 1. The molecular formula is C19H14F2N4O2. The lowest BCUT2D eigenvalue weighted by Crippen LogP contribution is -2.16. The first-order valence-corrected chi connectivity index (χ1v) is 7.88. The van der Waals surface area contributed by atoms with Crippen molar-refractivity contribution in [3.63, 3.8) is 0 Å². The van der Waals surface area contributed by atoms with Crippen LogP contribution in [0.1, 0.15) is 15.9 Å². The van der Waals surface area contributed by atoms with Crippen molar-refractivity contribution in [1.29, 1.82) is 0 Å². The highest BCUT2D eigenvalue weighted by Gasteiger charge is 2.17. The standard InChI is InChI=1S/C19H14F2N4O2/c1-11-5-6-12(24-10-26)7-13(11)16-8-23-17(9-22-16)25-19(27)18-14(20)3-2-4-15(18)21/h2-10H,1H3,(H,24,26)(H,23,25,27). The molecule has 1 aromatic heterocycles. The Morgan fingerprint density at radius 1 is 1.07 bits per heavy atom. The second-order valence-electron chi connectivity index (χ2n) is 5.63. The van der Waals surface area contributed by atoms with Crippen LogP contribution in [0, 0.1) is 18.6 Å². The van der Waals surface area contributed by atoms with Crippen LogP contribution in [-0.2, 0) is 4.79 Å². The number of aromatic nitrogens is 2. The van der Waals surface area contributed by atoms with Crippen molar-refractivity contribution in [2.45, 2.75) is 6.92 Å². The molecule has 2 N–H and O–H groups in total. The minimum atomic E-state index is -0.966. The van der Waals surface area contributed by atoms with Gasteiger partial charge in [0, 0.05) is 11.3 Å². The molecule has 0 atom stereocenters. The average Bonchev–Trinajstić information content (AvgIpc) is 2.64. The molecule has 6 nitrogen and oxygen atoms in total. The van der Waals surface area contributed by atoms with Crippen molar-refractivity contribution in [1.82, 2.24) is 9.97 Å². The van der Waals surface area contributed by atoms with Crippen LogP contribution in [0.5, 0.6) is 0 Å². The maximum absolute atomic E-state index is 13.7. The number of hydrogen-bond donors (Lipinski definition) is 2. The summed E-state index contributed by atoms with van der Waals surface area (Å²) in [5.41, 5.74) is 2.07. The quantitative estimate of drug-likeness (QED) is 0.675. The van der Waals surface area contributed by atoms with Gasteiger partial charge < -0.3 is 10.6 Å². The van der Waals surface area contributed by atoms with Crippen LogP contribution in [0.2, 0.25) is 0 Å². The fraction of sp³-hybridized carbons (Fsp3) is 0.0526. The number of benzene rings is 2. The maximum Gasteiger partial charge on any atom is 0.262 e. The SMILES string of the molecule is Cc1ccc(NC=O)cc1-c1cnc(NC(=O)c2c(F)cccc2F)cn1. The molecule has 136 valence electrons. The van der Waals surface area contributed by atoms with Crippen molar-refractivity contribution in [3.05, 3.63) is 71.6 Å². The molecular weight excluding hydrogens is 354 g/mol. The Hall–Kier alpha value is -3.68. The summed E-state index contributed by atoms with van der Waals surface area (Å²) in [5, 5.41) is 4.87. The van der Waals surface area contributed by atoms with Crippen molar-refractivity contribution in [2.75, 3.05) is 10.6 Å². The van der Waals surface area contributed by atoms with Crippen LogP contribution in [0.15, 0.2) is 48.8 Å². The lowest BCUT2D eigenvalue weighted by atomic mass is 10.1. The summed E-state index contributed by atoms with van der Waals surface area (Å²) < 4.78 is 27.3. The summed E-state index contributed by atoms with van der Waals surface area (Å²) in [4.78, 5) is 31.0. The molecule has 0 unspecified atom stereocenters. The van der Waals surface area contributed by atoms with Gasteiger partial charge in [-0.25, -0.2) is 13.8 Å². The zero-order valence-corrected chi connectivity index (χ0v) is 14.2. The third-order valence-electron chi connectivity index (χ3n) is 3.82. The van der Waals surface area contributed by atoms with Gasteiger partial charge >= 0.3 is 0 Å². The van der Waals surface area contributed by atoms with Gasteiger partial charge in [0.2, 0.25) is 6.41 Å². The predicted molar refractivity (Wildman–Crippen MR) is 96.2 cm³/mol. The predicted octanol–water partition coefficient (Wildman–Crippen LogP) is 3.55. The normalized spacial score (nSPS) is 10.3. The van der Waals surface area contributed by atoms with Gasteiger partial charge in [0.25, 0.3) is 5.91 Å². The third kappa shape index (κ3) is 3.95. The first-order valence-electron chi connectivity index (χ1n) is 7.88.